The molecule has 0 fully saturated rings. The lowest BCUT2D eigenvalue weighted by Crippen LogP contribution is -2.04. The summed E-state index contributed by atoms with van der Waals surface area (Å²) < 4.78 is 5.63. The molecule has 1 N–H and O–H groups in total. The second-order valence-corrected chi connectivity index (χ2v) is 5.22. The fraction of sp³-hybridized carbons (Fsp3) is 0.529. The topological polar surface area (TPSA) is 29.5 Å². The van der Waals surface area contributed by atoms with Crippen LogP contribution in [0.25, 0.3) is 0 Å². The molecule has 0 aliphatic rings. The first kappa shape index (κ1) is 15.6. The molecule has 0 aromatic heterocycles. The Bertz CT molecular complexity index is 396. The molecule has 1 aromatic rings. The van der Waals surface area contributed by atoms with E-state index in [9.17, 15) is 5.11 Å². The van der Waals surface area contributed by atoms with E-state index in [0.29, 0.717) is 12.5 Å². The Morgan fingerprint density at radius 3 is 2.84 bits per heavy atom. The summed E-state index contributed by atoms with van der Waals surface area (Å²) in [7, 11) is 0. The molecule has 1 rings (SSSR count). The molecule has 0 spiro atoms. The monoisotopic (exact) mass is 262 g/mol. The van der Waals surface area contributed by atoms with Crippen LogP contribution in [0.4, 0.5) is 0 Å². The van der Waals surface area contributed by atoms with Crippen LogP contribution in [0.1, 0.15) is 46.5 Å². The zero-order chi connectivity index (χ0) is 14.1. The van der Waals surface area contributed by atoms with E-state index in [1.807, 2.05) is 6.07 Å². The highest BCUT2D eigenvalue weighted by atomic mass is 16.5. The van der Waals surface area contributed by atoms with Gasteiger partial charge < -0.3 is 9.84 Å². The molecule has 19 heavy (non-hydrogen) atoms. The Kier molecular flexibility index (Phi) is 7.09. The maximum atomic E-state index is 9.33. The van der Waals surface area contributed by atoms with Gasteiger partial charge in [-0.25, -0.2) is 0 Å². The Labute approximate surface area is 117 Å². The van der Waals surface area contributed by atoms with E-state index in [0.717, 1.165) is 25.0 Å². The smallest absolute Gasteiger partial charge is 0.122 e. The number of rotatable bonds is 8. The lowest BCUT2D eigenvalue weighted by molar-refractivity contribution is 0.278. The van der Waals surface area contributed by atoms with Gasteiger partial charge >= 0.3 is 0 Å². The number of allylic oxidation sites excluding steroid dienone is 2. The zero-order valence-electron chi connectivity index (χ0n) is 12.4. The van der Waals surface area contributed by atoms with Crippen LogP contribution < -0.4 is 4.74 Å². The highest BCUT2D eigenvalue weighted by molar-refractivity contribution is 5.31. The van der Waals surface area contributed by atoms with Crippen molar-refractivity contribution in [2.45, 2.75) is 46.5 Å². The van der Waals surface area contributed by atoms with E-state index in [2.05, 4.69) is 26.8 Å². The number of phenols is 1. The summed E-state index contributed by atoms with van der Waals surface area (Å²) in [4.78, 5) is 0. The summed E-state index contributed by atoms with van der Waals surface area (Å²) in [5.41, 5.74) is 1.48. The molecule has 2 nitrogen and oxygen atoms in total. The van der Waals surface area contributed by atoms with Crippen LogP contribution in [0.2, 0.25) is 0 Å². The minimum atomic E-state index is 0.255. The third-order valence-corrected chi connectivity index (χ3v) is 3.41. The second kappa shape index (κ2) is 8.63. The molecular weight excluding hydrogens is 236 g/mol. The van der Waals surface area contributed by atoms with Crippen molar-refractivity contribution in [2.24, 2.45) is 5.92 Å². The maximum absolute atomic E-state index is 9.33. The summed E-state index contributed by atoms with van der Waals surface area (Å²) in [5, 5.41) is 9.33. The van der Waals surface area contributed by atoms with E-state index >= 15 is 0 Å². The van der Waals surface area contributed by atoms with Crippen molar-refractivity contribution >= 4 is 0 Å². The van der Waals surface area contributed by atoms with E-state index in [1.165, 1.54) is 12.0 Å². The average Bonchev–Trinajstić information content (AvgIpc) is 2.38. The van der Waals surface area contributed by atoms with E-state index in [1.54, 1.807) is 18.2 Å². The Morgan fingerprint density at radius 1 is 1.37 bits per heavy atom. The van der Waals surface area contributed by atoms with Gasteiger partial charge in [0.2, 0.25) is 0 Å². The molecule has 0 aliphatic carbocycles. The highest BCUT2D eigenvalue weighted by Crippen LogP contribution is 2.19. The summed E-state index contributed by atoms with van der Waals surface area (Å²) in [6, 6.07) is 6.97. The first-order valence-electron chi connectivity index (χ1n) is 7.19. The van der Waals surface area contributed by atoms with Gasteiger partial charge in [-0.1, -0.05) is 31.6 Å². The van der Waals surface area contributed by atoms with Crippen molar-refractivity contribution in [3.63, 3.8) is 0 Å². The first-order valence-corrected chi connectivity index (χ1v) is 7.19. The van der Waals surface area contributed by atoms with Gasteiger partial charge in [-0.3, -0.25) is 0 Å². The Morgan fingerprint density at radius 2 is 2.16 bits per heavy atom. The fourth-order valence-corrected chi connectivity index (χ4v) is 1.85. The normalized spacial score (nSPS) is 13.3. The van der Waals surface area contributed by atoms with Crippen LogP contribution in [-0.4, -0.2) is 11.7 Å². The van der Waals surface area contributed by atoms with Crippen molar-refractivity contribution in [3.8, 4) is 11.5 Å². The zero-order valence-corrected chi connectivity index (χ0v) is 12.4. The van der Waals surface area contributed by atoms with Gasteiger partial charge in [-0.15, -0.1) is 0 Å². The molecule has 0 bridgehead atoms. The standard InChI is InChI=1S/C17H26O2/c1-4-14(2)7-5-8-15(3)11-12-19-17-10-6-9-16(18)13-17/h6-7,9-10,13,15,18H,4-5,8,11-12H2,1-3H3. The number of ether oxygens (including phenoxy) is 1. The van der Waals surface area contributed by atoms with E-state index in [-0.39, 0.29) is 5.75 Å². The molecule has 0 saturated heterocycles. The van der Waals surface area contributed by atoms with E-state index < -0.39 is 0 Å². The highest BCUT2D eigenvalue weighted by Gasteiger charge is 2.02. The molecule has 106 valence electrons. The molecule has 1 unspecified atom stereocenters. The van der Waals surface area contributed by atoms with Crippen LogP contribution in [0.3, 0.4) is 0 Å². The van der Waals surface area contributed by atoms with Crippen LogP contribution >= 0.6 is 0 Å². The second-order valence-electron chi connectivity index (χ2n) is 5.22. The number of hydrogen-bond acceptors (Lipinski definition) is 2. The molecule has 0 aliphatic heterocycles. The summed E-state index contributed by atoms with van der Waals surface area (Å²) in [5.74, 6) is 1.66. The fourth-order valence-electron chi connectivity index (χ4n) is 1.85. The van der Waals surface area contributed by atoms with Crippen LogP contribution in [0.5, 0.6) is 11.5 Å². The third-order valence-electron chi connectivity index (χ3n) is 3.41. The predicted octanol–water partition coefficient (Wildman–Crippen LogP) is 4.93. The van der Waals surface area contributed by atoms with Crippen LogP contribution in [-0.2, 0) is 0 Å². The molecule has 2 heteroatoms. The van der Waals surface area contributed by atoms with Crippen molar-refractivity contribution in [3.05, 3.63) is 35.9 Å². The molecule has 0 saturated carbocycles. The summed E-state index contributed by atoms with van der Waals surface area (Å²) in [6.45, 7) is 7.36. The van der Waals surface area contributed by atoms with Gasteiger partial charge in [0.25, 0.3) is 0 Å². The number of benzene rings is 1. The first-order chi connectivity index (χ1) is 9.11. The van der Waals surface area contributed by atoms with Crippen molar-refractivity contribution in [1.82, 2.24) is 0 Å². The number of aromatic hydroxyl groups is 1. The van der Waals surface area contributed by atoms with Crippen molar-refractivity contribution in [1.29, 1.82) is 0 Å². The Hall–Kier alpha value is -1.44. The van der Waals surface area contributed by atoms with Crippen molar-refractivity contribution in [2.75, 3.05) is 6.61 Å². The largest absolute Gasteiger partial charge is 0.508 e. The van der Waals surface area contributed by atoms with Crippen molar-refractivity contribution < 1.29 is 9.84 Å². The van der Waals surface area contributed by atoms with Crippen LogP contribution in [0, 0.1) is 5.92 Å². The predicted molar refractivity (Wildman–Crippen MR) is 80.7 cm³/mol. The third kappa shape index (κ3) is 6.90. The molecule has 0 heterocycles. The summed E-state index contributed by atoms with van der Waals surface area (Å²) in [6.07, 6.45) is 6.91. The van der Waals surface area contributed by atoms with Gasteiger partial charge in [-0.05, 0) is 50.7 Å². The summed E-state index contributed by atoms with van der Waals surface area (Å²) >= 11 is 0. The molecule has 0 amide bonds. The maximum Gasteiger partial charge on any atom is 0.122 e. The SMILES string of the molecule is CCC(C)=CCCC(C)CCOc1cccc(O)c1. The molecular formula is C17H26O2. The molecule has 1 atom stereocenters. The lowest BCUT2D eigenvalue weighted by atomic mass is 10.0. The quantitative estimate of drug-likeness (QED) is 0.673. The molecule has 0 radical (unpaired) electrons. The average molecular weight is 262 g/mol. The minimum Gasteiger partial charge on any atom is -0.508 e. The minimum absolute atomic E-state index is 0.255. The lowest BCUT2D eigenvalue weighted by Gasteiger charge is -2.11. The van der Waals surface area contributed by atoms with Gasteiger partial charge in [0, 0.05) is 6.07 Å². The number of hydrogen-bond donors (Lipinski definition) is 1. The van der Waals surface area contributed by atoms with Gasteiger partial charge in [-0.2, -0.15) is 0 Å². The molecule has 1 aromatic carbocycles. The van der Waals surface area contributed by atoms with Gasteiger partial charge in [0.05, 0.1) is 6.61 Å². The Balaban J connectivity index is 2.18. The number of phenolic OH excluding ortho intramolecular Hbond substituents is 1. The van der Waals surface area contributed by atoms with Gasteiger partial charge in [0.1, 0.15) is 11.5 Å². The van der Waals surface area contributed by atoms with E-state index in [4.69, 9.17) is 4.74 Å². The van der Waals surface area contributed by atoms with Crippen LogP contribution in [0.15, 0.2) is 35.9 Å². The van der Waals surface area contributed by atoms with Gasteiger partial charge in [0.15, 0.2) is 0 Å².